The van der Waals surface area contributed by atoms with Crippen LogP contribution in [-0.2, 0) is 16.8 Å². The third kappa shape index (κ3) is 6.35. The zero-order valence-corrected chi connectivity index (χ0v) is 20.3. The molecule has 0 saturated heterocycles. The van der Waals surface area contributed by atoms with Crippen LogP contribution in [0, 0.1) is 0 Å². The number of carbonyl (C=O) groups excluding carboxylic acids is 2. The van der Waals surface area contributed by atoms with Gasteiger partial charge in [0.1, 0.15) is 12.4 Å². The predicted octanol–water partition coefficient (Wildman–Crippen LogP) is 4.19. The van der Waals surface area contributed by atoms with Crippen LogP contribution in [0.4, 0.5) is 5.69 Å². The molecule has 1 unspecified atom stereocenters. The van der Waals surface area contributed by atoms with E-state index in [-0.39, 0.29) is 23.7 Å². The van der Waals surface area contributed by atoms with Crippen LogP contribution in [0.2, 0.25) is 0 Å². The van der Waals surface area contributed by atoms with Crippen LogP contribution in [0.1, 0.15) is 56.4 Å². The van der Waals surface area contributed by atoms with Gasteiger partial charge in [-0.3, -0.25) is 9.59 Å². The highest BCUT2D eigenvalue weighted by atomic mass is 32.2. The van der Waals surface area contributed by atoms with E-state index in [1.807, 2.05) is 24.3 Å². The molecule has 0 aliphatic rings. The van der Waals surface area contributed by atoms with Crippen LogP contribution < -0.4 is 15.9 Å². The van der Waals surface area contributed by atoms with Crippen molar-refractivity contribution in [1.82, 2.24) is 14.9 Å². The fourth-order valence-corrected chi connectivity index (χ4v) is 3.72. The molecule has 3 N–H and O–H groups in total. The summed E-state index contributed by atoms with van der Waals surface area (Å²) >= 11 is 1.20. The van der Waals surface area contributed by atoms with Crippen LogP contribution in [0.25, 0.3) is 0 Å². The summed E-state index contributed by atoms with van der Waals surface area (Å²) in [6.45, 7) is 9.88. The van der Waals surface area contributed by atoms with E-state index in [1.54, 1.807) is 31.2 Å². The number of rotatable bonds is 8. The van der Waals surface area contributed by atoms with Gasteiger partial charge >= 0.3 is 0 Å². The lowest BCUT2D eigenvalue weighted by Gasteiger charge is -2.19. The molecular weight excluding hydrogens is 438 g/mol. The van der Waals surface area contributed by atoms with Crippen LogP contribution in [0.15, 0.2) is 53.7 Å². The van der Waals surface area contributed by atoms with Gasteiger partial charge in [0.2, 0.25) is 11.1 Å². The molecule has 0 spiro atoms. The maximum atomic E-state index is 12.5. The first-order valence-corrected chi connectivity index (χ1v) is 11.4. The van der Waals surface area contributed by atoms with Gasteiger partial charge in [0.05, 0.1) is 5.25 Å². The number of nitrogens with two attached hydrogens (primary N) is 1. The second-order valence-electron chi connectivity index (χ2n) is 8.71. The number of benzene rings is 2. The third-order valence-corrected chi connectivity index (χ3v) is 6.09. The zero-order valence-electron chi connectivity index (χ0n) is 19.5. The summed E-state index contributed by atoms with van der Waals surface area (Å²) in [5.41, 5.74) is 2.49. The van der Waals surface area contributed by atoms with Gasteiger partial charge < -0.3 is 15.9 Å². The Bertz CT molecular complexity index is 1120. The molecule has 174 valence electrons. The lowest BCUT2D eigenvalue weighted by molar-refractivity contribution is -0.115. The second-order valence-corrected chi connectivity index (χ2v) is 10.0. The predicted molar refractivity (Wildman–Crippen MR) is 130 cm³/mol. The van der Waals surface area contributed by atoms with E-state index >= 15 is 0 Å². The molecule has 3 rings (SSSR count). The van der Waals surface area contributed by atoms with Gasteiger partial charge in [-0.05, 0) is 61.2 Å². The molecule has 0 fully saturated rings. The number of ether oxygens (including phenoxy) is 1. The Kier molecular flexibility index (Phi) is 7.43. The number of nitrogen functional groups attached to an aromatic ring is 1. The lowest BCUT2D eigenvalue weighted by atomic mass is 9.87. The Morgan fingerprint density at radius 1 is 1.09 bits per heavy atom. The molecule has 33 heavy (non-hydrogen) atoms. The number of Topliss-reactive ketones (excluding diaryl/α,β-unsaturated/α-hetero) is 1. The zero-order chi connectivity index (χ0) is 24.2. The van der Waals surface area contributed by atoms with E-state index in [0.717, 1.165) is 0 Å². The fourth-order valence-electron chi connectivity index (χ4n) is 2.93. The molecule has 2 aromatic carbocycles. The van der Waals surface area contributed by atoms with Crippen molar-refractivity contribution in [3.05, 3.63) is 65.5 Å². The molecule has 8 nitrogen and oxygen atoms in total. The summed E-state index contributed by atoms with van der Waals surface area (Å²) in [5, 5.41) is 10.9. The number of nitrogens with zero attached hydrogens (tertiary/aromatic N) is 3. The fraction of sp³-hybridized carbons (Fsp3) is 0.333. The second kappa shape index (κ2) is 10.1. The Labute approximate surface area is 197 Å². The third-order valence-electron chi connectivity index (χ3n) is 5.03. The molecular formula is C24H29N5O3S. The number of nitrogens with one attached hydrogen (secondary N) is 1. The van der Waals surface area contributed by atoms with Gasteiger partial charge in [-0.2, -0.15) is 0 Å². The van der Waals surface area contributed by atoms with Crippen molar-refractivity contribution in [3.63, 3.8) is 0 Å². The van der Waals surface area contributed by atoms with Crippen LogP contribution in [-0.4, -0.2) is 31.8 Å². The van der Waals surface area contributed by atoms with Gasteiger partial charge in [0.25, 0.3) is 0 Å². The molecule has 0 bridgehead atoms. The number of hydrogen-bond acceptors (Lipinski definition) is 7. The molecule has 0 saturated carbocycles. The number of carbonyl (C=O) groups is 2. The summed E-state index contributed by atoms with van der Waals surface area (Å²) in [7, 11) is 0. The van der Waals surface area contributed by atoms with Gasteiger partial charge in [-0.15, -0.1) is 10.2 Å². The van der Waals surface area contributed by atoms with Crippen molar-refractivity contribution >= 4 is 29.1 Å². The molecule has 0 aliphatic heterocycles. The first kappa shape index (κ1) is 24.3. The van der Waals surface area contributed by atoms with Gasteiger partial charge in [-0.25, -0.2) is 4.68 Å². The summed E-state index contributed by atoms with van der Waals surface area (Å²) in [6.07, 6.45) is 0. The van der Waals surface area contributed by atoms with Gasteiger partial charge in [0.15, 0.2) is 11.6 Å². The van der Waals surface area contributed by atoms with Gasteiger partial charge in [0, 0.05) is 11.3 Å². The van der Waals surface area contributed by atoms with Crippen LogP contribution in [0.3, 0.4) is 0 Å². The average Bonchev–Trinajstić information content (AvgIpc) is 3.11. The first-order chi connectivity index (χ1) is 15.5. The highest BCUT2D eigenvalue weighted by Gasteiger charge is 2.20. The molecule has 9 heteroatoms. The smallest absolute Gasteiger partial charge is 0.237 e. The maximum Gasteiger partial charge on any atom is 0.237 e. The van der Waals surface area contributed by atoms with E-state index < -0.39 is 5.25 Å². The summed E-state index contributed by atoms with van der Waals surface area (Å²) in [6, 6.07) is 14.7. The number of ketones is 1. The minimum atomic E-state index is -0.470. The summed E-state index contributed by atoms with van der Waals surface area (Å²) in [5.74, 6) is 7.04. The summed E-state index contributed by atoms with van der Waals surface area (Å²) < 4.78 is 7.13. The van der Waals surface area contributed by atoms with Crippen molar-refractivity contribution in [2.24, 2.45) is 0 Å². The Balaban J connectivity index is 1.56. The molecule has 1 amide bonds. The minimum Gasteiger partial charge on any atom is -0.486 e. The molecule has 1 atom stereocenters. The Morgan fingerprint density at radius 2 is 1.73 bits per heavy atom. The quantitative estimate of drug-likeness (QED) is 0.290. The van der Waals surface area contributed by atoms with E-state index in [0.29, 0.717) is 28.0 Å². The highest BCUT2D eigenvalue weighted by molar-refractivity contribution is 8.00. The molecule has 1 aromatic heterocycles. The van der Waals surface area contributed by atoms with E-state index in [9.17, 15) is 9.59 Å². The highest BCUT2D eigenvalue weighted by Crippen LogP contribution is 2.25. The number of amides is 1. The monoisotopic (exact) mass is 467 g/mol. The minimum absolute atomic E-state index is 0.0270. The molecule has 0 aliphatic carbocycles. The van der Waals surface area contributed by atoms with Gasteiger partial charge in [-0.1, -0.05) is 44.7 Å². The van der Waals surface area contributed by atoms with E-state index in [4.69, 9.17) is 10.6 Å². The molecule has 3 aromatic rings. The van der Waals surface area contributed by atoms with Crippen molar-refractivity contribution in [2.45, 2.75) is 57.0 Å². The van der Waals surface area contributed by atoms with Crippen molar-refractivity contribution in [2.75, 3.05) is 11.2 Å². The number of hydrogen-bond donors (Lipinski definition) is 2. The largest absolute Gasteiger partial charge is 0.486 e. The Morgan fingerprint density at radius 3 is 2.30 bits per heavy atom. The average molecular weight is 468 g/mol. The normalized spacial score (nSPS) is 12.3. The topological polar surface area (TPSA) is 112 Å². The van der Waals surface area contributed by atoms with Crippen molar-refractivity contribution < 1.29 is 14.3 Å². The standard InChI is InChI=1S/C24H29N5O3S/c1-15(30)17-6-10-19(11-7-17)26-22(31)16(2)33-23-28-27-21(29(23)25)14-32-20-12-8-18(9-13-20)24(3,4)5/h6-13,16H,14,25H2,1-5H3,(H,26,31). The van der Waals surface area contributed by atoms with Crippen LogP contribution in [0.5, 0.6) is 5.75 Å². The Hall–Kier alpha value is -3.33. The SMILES string of the molecule is CC(=O)c1ccc(NC(=O)C(C)Sc2nnc(COc3ccc(C(C)(C)C)cc3)n2N)cc1. The number of aromatic nitrogens is 3. The first-order valence-electron chi connectivity index (χ1n) is 10.6. The molecule has 0 radical (unpaired) electrons. The molecule has 1 heterocycles. The maximum absolute atomic E-state index is 12.5. The van der Waals surface area contributed by atoms with Crippen LogP contribution >= 0.6 is 11.8 Å². The lowest BCUT2D eigenvalue weighted by Crippen LogP contribution is -2.24. The number of anilines is 1. The van der Waals surface area contributed by atoms with E-state index in [2.05, 4.69) is 36.3 Å². The van der Waals surface area contributed by atoms with Crippen molar-refractivity contribution in [3.8, 4) is 5.75 Å². The number of thioether (sulfide) groups is 1. The van der Waals surface area contributed by atoms with E-state index in [1.165, 1.54) is 28.9 Å². The van der Waals surface area contributed by atoms with Crippen molar-refractivity contribution in [1.29, 1.82) is 0 Å². The summed E-state index contributed by atoms with van der Waals surface area (Å²) in [4.78, 5) is 23.9.